The molecule has 1 aliphatic rings. The van der Waals surface area contributed by atoms with Gasteiger partial charge in [-0.25, -0.2) is 0 Å². The standard InChI is InChI=1S/C11H17N3O/c12-11(6-2-1-3-7-11)9-15-10-5-4-8-13-14-10/h4-5,8H,1-3,6-7,9,12H2. The highest BCUT2D eigenvalue weighted by molar-refractivity contribution is 5.06. The maximum Gasteiger partial charge on any atom is 0.233 e. The van der Waals surface area contributed by atoms with Crippen molar-refractivity contribution in [3.63, 3.8) is 0 Å². The highest BCUT2D eigenvalue weighted by Gasteiger charge is 2.28. The molecule has 0 aromatic carbocycles. The van der Waals surface area contributed by atoms with Gasteiger partial charge in [-0.15, -0.1) is 5.10 Å². The molecule has 0 aliphatic heterocycles. The summed E-state index contributed by atoms with van der Waals surface area (Å²) in [5.41, 5.74) is 6.08. The van der Waals surface area contributed by atoms with Crippen LogP contribution in [0.2, 0.25) is 0 Å². The Bertz CT molecular complexity index is 296. The maximum absolute atomic E-state index is 6.23. The van der Waals surface area contributed by atoms with Crippen LogP contribution in [0.5, 0.6) is 5.88 Å². The second-order valence-electron chi connectivity index (χ2n) is 4.27. The van der Waals surface area contributed by atoms with Crippen LogP contribution in [0, 0.1) is 0 Å². The third kappa shape index (κ3) is 2.89. The third-order valence-corrected chi connectivity index (χ3v) is 2.90. The molecule has 4 nitrogen and oxygen atoms in total. The predicted molar refractivity (Wildman–Crippen MR) is 57.5 cm³/mol. The van der Waals surface area contributed by atoms with Gasteiger partial charge in [0, 0.05) is 12.3 Å². The van der Waals surface area contributed by atoms with E-state index in [9.17, 15) is 0 Å². The molecule has 0 amide bonds. The molecule has 1 saturated carbocycles. The quantitative estimate of drug-likeness (QED) is 0.816. The number of hydrogen-bond donors (Lipinski definition) is 1. The zero-order chi connectivity index (χ0) is 10.6. The molecule has 2 rings (SSSR count). The van der Waals surface area contributed by atoms with Gasteiger partial charge in [0.15, 0.2) is 0 Å². The van der Waals surface area contributed by atoms with Crippen LogP contribution in [0.15, 0.2) is 18.3 Å². The van der Waals surface area contributed by atoms with E-state index in [-0.39, 0.29) is 5.54 Å². The minimum atomic E-state index is -0.157. The first-order valence-corrected chi connectivity index (χ1v) is 5.48. The predicted octanol–water partition coefficient (Wildman–Crippen LogP) is 1.52. The van der Waals surface area contributed by atoms with Crippen molar-refractivity contribution in [1.29, 1.82) is 0 Å². The second kappa shape index (κ2) is 4.57. The van der Waals surface area contributed by atoms with Gasteiger partial charge >= 0.3 is 0 Å². The molecular weight excluding hydrogens is 190 g/mol. The van der Waals surface area contributed by atoms with Crippen LogP contribution in [0.3, 0.4) is 0 Å². The van der Waals surface area contributed by atoms with Crippen LogP contribution < -0.4 is 10.5 Å². The molecule has 82 valence electrons. The van der Waals surface area contributed by atoms with E-state index >= 15 is 0 Å². The summed E-state index contributed by atoms with van der Waals surface area (Å²) in [6, 6.07) is 3.62. The van der Waals surface area contributed by atoms with Crippen molar-refractivity contribution in [2.45, 2.75) is 37.6 Å². The minimum Gasteiger partial charge on any atom is -0.475 e. The molecule has 1 aromatic rings. The lowest BCUT2D eigenvalue weighted by Crippen LogP contribution is -2.47. The Morgan fingerprint density at radius 1 is 1.33 bits per heavy atom. The van der Waals surface area contributed by atoms with Crippen molar-refractivity contribution in [2.24, 2.45) is 5.73 Å². The normalized spacial score (nSPS) is 19.8. The van der Waals surface area contributed by atoms with Gasteiger partial charge in [0.25, 0.3) is 0 Å². The summed E-state index contributed by atoms with van der Waals surface area (Å²) in [4.78, 5) is 0. The van der Waals surface area contributed by atoms with E-state index in [4.69, 9.17) is 10.5 Å². The van der Waals surface area contributed by atoms with Crippen molar-refractivity contribution in [3.05, 3.63) is 18.3 Å². The molecule has 0 spiro atoms. The number of ether oxygens (including phenoxy) is 1. The van der Waals surface area contributed by atoms with Gasteiger partial charge in [0.2, 0.25) is 5.88 Å². The van der Waals surface area contributed by atoms with Crippen LogP contribution in [0.1, 0.15) is 32.1 Å². The average Bonchev–Trinajstić information content (AvgIpc) is 2.29. The molecule has 0 unspecified atom stereocenters. The van der Waals surface area contributed by atoms with Gasteiger partial charge < -0.3 is 10.5 Å². The molecule has 2 N–H and O–H groups in total. The van der Waals surface area contributed by atoms with Crippen molar-refractivity contribution < 1.29 is 4.74 Å². The van der Waals surface area contributed by atoms with Crippen molar-refractivity contribution in [3.8, 4) is 5.88 Å². The molecule has 1 heterocycles. The molecule has 0 saturated heterocycles. The van der Waals surface area contributed by atoms with Gasteiger partial charge in [-0.1, -0.05) is 19.3 Å². The zero-order valence-corrected chi connectivity index (χ0v) is 8.85. The Morgan fingerprint density at radius 2 is 2.13 bits per heavy atom. The molecule has 4 heteroatoms. The number of hydrogen-bond acceptors (Lipinski definition) is 4. The molecule has 1 aliphatic carbocycles. The lowest BCUT2D eigenvalue weighted by Gasteiger charge is -2.32. The third-order valence-electron chi connectivity index (χ3n) is 2.90. The van der Waals surface area contributed by atoms with Gasteiger partial charge in [-0.05, 0) is 18.9 Å². The lowest BCUT2D eigenvalue weighted by atomic mass is 9.83. The van der Waals surface area contributed by atoms with E-state index in [0.29, 0.717) is 12.5 Å². The molecule has 1 fully saturated rings. The second-order valence-corrected chi connectivity index (χ2v) is 4.27. The van der Waals surface area contributed by atoms with Crippen LogP contribution in [-0.4, -0.2) is 22.3 Å². The van der Waals surface area contributed by atoms with E-state index in [1.54, 1.807) is 12.3 Å². The van der Waals surface area contributed by atoms with Crippen molar-refractivity contribution in [1.82, 2.24) is 10.2 Å². The average molecular weight is 207 g/mol. The van der Waals surface area contributed by atoms with E-state index in [0.717, 1.165) is 12.8 Å². The van der Waals surface area contributed by atoms with E-state index < -0.39 is 0 Å². The van der Waals surface area contributed by atoms with Gasteiger partial charge in [-0.2, -0.15) is 5.10 Å². The van der Waals surface area contributed by atoms with Gasteiger partial charge in [0.05, 0.1) is 5.54 Å². The number of rotatable bonds is 3. The van der Waals surface area contributed by atoms with E-state index in [1.165, 1.54) is 19.3 Å². The number of nitrogens with zero attached hydrogens (tertiary/aromatic N) is 2. The largest absolute Gasteiger partial charge is 0.475 e. The highest BCUT2D eigenvalue weighted by atomic mass is 16.5. The van der Waals surface area contributed by atoms with Crippen molar-refractivity contribution >= 4 is 0 Å². The van der Waals surface area contributed by atoms with Crippen LogP contribution in [-0.2, 0) is 0 Å². The summed E-state index contributed by atoms with van der Waals surface area (Å²) in [6.45, 7) is 0.547. The molecular formula is C11H17N3O. The fraction of sp³-hybridized carbons (Fsp3) is 0.636. The monoisotopic (exact) mass is 207 g/mol. The molecule has 0 bridgehead atoms. The fourth-order valence-electron chi connectivity index (χ4n) is 1.98. The maximum atomic E-state index is 6.23. The Morgan fingerprint density at radius 3 is 2.80 bits per heavy atom. The molecule has 1 aromatic heterocycles. The Labute approximate surface area is 89.8 Å². The minimum absolute atomic E-state index is 0.157. The summed E-state index contributed by atoms with van der Waals surface area (Å²) in [6.07, 6.45) is 7.44. The Kier molecular flexibility index (Phi) is 3.16. The van der Waals surface area contributed by atoms with Crippen molar-refractivity contribution in [2.75, 3.05) is 6.61 Å². The molecule has 0 radical (unpaired) electrons. The summed E-state index contributed by atoms with van der Waals surface area (Å²) >= 11 is 0. The highest BCUT2D eigenvalue weighted by Crippen LogP contribution is 2.26. The topological polar surface area (TPSA) is 61.0 Å². The van der Waals surface area contributed by atoms with E-state index in [1.807, 2.05) is 6.07 Å². The molecule has 0 atom stereocenters. The SMILES string of the molecule is NC1(COc2cccnn2)CCCCC1. The number of aromatic nitrogens is 2. The van der Waals surface area contributed by atoms with Gasteiger partial charge in [-0.3, -0.25) is 0 Å². The van der Waals surface area contributed by atoms with Crippen LogP contribution in [0.4, 0.5) is 0 Å². The van der Waals surface area contributed by atoms with Crippen LogP contribution >= 0.6 is 0 Å². The van der Waals surface area contributed by atoms with Crippen LogP contribution in [0.25, 0.3) is 0 Å². The molecule has 15 heavy (non-hydrogen) atoms. The Balaban J connectivity index is 1.87. The summed E-state index contributed by atoms with van der Waals surface area (Å²) in [5, 5.41) is 7.62. The fourth-order valence-corrected chi connectivity index (χ4v) is 1.98. The lowest BCUT2D eigenvalue weighted by molar-refractivity contribution is 0.168. The first-order chi connectivity index (χ1) is 7.29. The number of nitrogens with two attached hydrogens (primary N) is 1. The van der Waals surface area contributed by atoms with Gasteiger partial charge in [0.1, 0.15) is 6.61 Å². The first kappa shape index (κ1) is 10.4. The summed E-state index contributed by atoms with van der Waals surface area (Å²) in [5.74, 6) is 0.563. The summed E-state index contributed by atoms with van der Waals surface area (Å²) in [7, 11) is 0. The first-order valence-electron chi connectivity index (χ1n) is 5.48. The zero-order valence-electron chi connectivity index (χ0n) is 8.85. The smallest absolute Gasteiger partial charge is 0.233 e. The van der Waals surface area contributed by atoms with E-state index in [2.05, 4.69) is 10.2 Å². The Hall–Kier alpha value is -1.16. The summed E-state index contributed by atoms with van der Waals surface area (Å²) < 4.78 is 5.55.